The summed E-state index contributed by atoms with van der Waals surface area (Å²) in [6, 6.07) is 4.56. The number of hydrogen-bond acceptors (Lipinski definition) is 3. The van der Waals surface area contributed by atoms with E-state index in [-0.39, 0.29) is 23.0 Å². The summed E-state index contributed by atoms with van der Waals surface area (Å²) in [5, 5.41) is 2.53. The zero-order valence-electron chi connectivity index (χ0n) is 10.4. The van der Waals surface area contributed by atoms with E-state index in [2.05, 4.69) is 5.32 Å². The Morgan fingerprint density at radius 1 is 1.56 bits per heavy atom. The number of hydrogen-bond donors (Lipinski definition) is 2. The van der Waals surface area contributed by atoms with Crippen molar-refractivity contribution in [2.45, 2.75) is 6.92 Å². The van der Waals surface area contributed by atoms with E-state index in [9.17, 15) is 9.18 Å². The van der Waals surface area contributed by atoms with Crippen LogP contribution in [0.4, 0.5) is 10.1 Å². The van der Waals surface area contributed by atoms with Crippen LogP contribution in [0.5, 0.6) is 0 Å². The van der Waals surface area contributed by atoms with Crippen LogP contribution < -0.4 is 16.0 Å². The molecule has 4 nitrogen and oxygen atoms in total. The largest absolute Gasteiger partial charge is 0.389 e. The lowest BCUT2D eigenvalue weighted by molar-refractivity contribution is -0.119. The van der Waals surface area contributed by atoms with Crippen molar-refractivity contribution >= 4 is 28.8 Å². The number of benzene rings is 1. The van der Waals surface area contributed by atoms with Gasteiger partial charge < -0.3 is 16.0 Å². The van der Waals surface area contributed by atoms with E-state index in [4.69, 9.17) is 18.0 Å². The third-order valence-electron chi connectivity index (χ3n) is 2.58. The van der Waals surface area contributed by atoms with Crippen LogP contribution >= 0.6 is 12.2 Å². The van der Waals surface area contributed by atoms with Gasteiger partial charge in [0.2, 0.25) is 5.91 Å². The number of amides is 1. The Morgan fingerprint density at radius 2 is 2.22 bits per heavy atom. The summed E-state index contributed by atoms with van der Waals surface area (Å²) in [6.07, 6.45) is 0. The van der Waals surface area contributed by atoms with Gasteiger partial charge in [0.25, 0.3) is 0 Å². The van der Waals surface area contributed by atoms with Crippen LogP contribution in [-0.2, 0) is 4.79 Å². The van der Waals surface area contributed by atoms with Gasteiger partial charge in [0.15, 0.2) is 0 Å². The first kappa shape index (κ1) is 14.4. The van der Waals surface area contributed by atoms with Crippen molar-refractivity contribution in [1.82, 2.24) is 5.32 Å². The van der Waals surface area contributed by atoms with Crippen LogP contribution in [0.15, 0.2) is 18.2 Å². The predicted octanol–water partition coefficient (Wildman–Crippen LogP) is 1.03. The predicted molar refractivity (Wildman–Crippen MR) is 74.2 cm³/mol. The lowest BCUT2D eigenvalue weighted by atomic mass is 10.1. The lowest BCUT2D eigenvalue weighted by Crippen LogP contribution is -2.35. The van der Waals surface area contributed by atoms with Gasteiger partial charge in [-0.15, -0.1) is 0 Å². The van der Waals surface area contributed by atoms with Crippen molar-refractivity contribution in [2.24, 2.45) is 5.73 Å². The molecule has 98 valence electrons. The Morgan fingerprint density at radius 3 is 2.67 bits per heavy atom. The minimum Gasteiger partial charge on any atom is -0.389 e. The van der Waals surface area contributed by atoms with E-state index in [1.807, 2.05) is 6.92 Å². The second kappa shape index (κ2) is 6.30. The van der Waals surface area contributed by atoms with E-state index in [0.29, 0.717) is 12.2 Å². The Balaban J connectivity index is 2.97. The highest BCUT2D eigenvalue weighted by atomic mass is 32.1. The SMILES string of the molecule is CCN(CC(=O)NC)c1ccc(C(N)=S)c(F)c1. The average Bonchev–Trinajstić information content (AvgIpc) is 2.34. The van der Waals surface area contributed by atoms with E-state index in [1.54, 1.807) is 18.0 Å². The third kappa shape index (κ3) is 3.40. The lowest BCUT2D eigenvalue weighted by Gasteiger charge is -2.22. The van der Waals surface area contributed by atoms with E-state index in [0.717, 1.165) is 0 Å². The Kier molecular flexibility index (Phi) is 5.03. The van der Waals surface area contributed by atoms with Gasteiger partial charge in [-0.05, 0) is 25.1 Å². The first-order valence-corrected chi connectivity index (χ1v) is 5.95. The molecule has 0 spiro atoms. The molecule has 0 fully saturated rings. The molecule has 0 saturated heterocycles. The molecular weight excluding hydrogens is 253 g/mol. The van der Waals surface area contributed by atoms with Crippen LogP contribution in [-0.4, -0.2) is 31.0 Å². The summed E-state index contributed by atoms with van der Waals surface area (Å²) >= 11 is 4.74. The zero-order valence-corrected chi connectivity index (χ0v) is 11.2. The van der Waals surface area contributed by atoms with Crippen LogP contribution in [0.25, 0.3) is 0 Å². The van der Waals surface area contributed by atoms with Gasteiger partial charge in [0.05, 0.1) is 6.54 Å². The molecule has 0 aliphatic carbocycles. The van der Waals surface area contributed by atoms with Gasteiger partial charge >= 0.3 is 0 Å². The molecule has 0 unspecified atom stereocenters. The van der Waals surface area contributed by atoms with Crippen molar-refractivity contribution in [2.75, 3.05) is 25.0 Å². The first-order chi connectivity index (χ1) is 8.49. The van der Waals surface area contributed by atoms with Gasteiger partial charge in [0, 0.05) is 24.8 Å². The van der Waals surface area contributed by atoms with Crippen molar-refractivity contribution in [3.8, 4) is 0 Å². The molecule has 1 rings (SSSR count). The summed E-state index contributed by atoms with van der Waals surface area (Å²) in [5.74, 6) is -0.606. The molecular formula is C12H16FN3OS. The first-order valence-electron chi connectivity index (χ1n) is 5.54. The van der Waals surface area contributed by atoms with Crippen molar-refractivity contribution in [3.63, 3.8) is 0 Å². The number of carbonyl (C=O) groups is 1. The molecule has 0 aromatic heterocycles. The molecule has 18 heavy (non-hydrogen) atoms. The minimum absolute atomic E-state index is 0.0217. The quantitative estimate of drug-likeness (QED) is 0.784. The second-order valence-corrected chi connectivity index (χ2v) is 4.16. The molecule has 0 aliphatic rings. The average molecular weight is 269 g/mol. The smallest absolute Gasteiger partial charge is 0.239 e. The summed E-state index contributed by atoms with van der Waals surface area (Å²) < 4.78 is 13.7. The van der Waals surface area contributed by atoms with Crippen molar-refractivity contribution in [1.29, 1.82) is 0 Å². The Bertz CT molecular complexity index is 465. The summed E-state index contributed by atoms with van der Waals surface area (Å²) in [6.45, 7) is 2.67. The normalized spacial score (nSPS) is 9.94. The van der Waals surface area contributed by atoms with Gasteiger partial charge in [-0.2, -0.15) is 0 Å². The molecule has 1 aromatic rings. The van der Waals surface area contributed by atoms with E-state index in [1.165, 1.54) is 12.1 Å². The molecule has 0 aliphatic heterocycles. The van der Waals surface area contributed by atoms with Crippen LogP contribution in [0.2, 0.25) is 0 Å². The topological polar surface area (TPSA) is 58.4 Å². The molecule has 0 heterocycles. The van der Waals surface area contributed by atoms with E-state index >= 15 is 0 Å². The molecule has 0 bridgehead atoms. The maximum Gasteiger partial charge on any atom is 0.239 e. The van der Waals surface area contributed by atoms with Gasteiger partial charge in [0.1, 0.15) is 10.8 Å². The fourth-order valence-corrected chi connectivity index (χ4v) is 1.70. The van der Waals surface area contributed by atoms with Gasteiger partial charge in [-0.1, -0.05) is 12.2 Å². The molecule has 0 atom stereocenters. The molecule has 6 heteroatoms. The number of nitrogens with zero attached hydrogens (tertiary/aromatic N) is 1. The monoisotopic (exact) mass is 269 g/mol. The Labute approximate surface area is 111 Å². The van der Waals surface area contributed by atoms with Crippen LogP contribution in [0.1, 0.15) is 12.5 Å². The van der Waals surface area contributed by atoms with E-state index < -0.39 is 5.82 Å². The molecule has 0 saturated carbocycles. The maximum atomic E-state index is 13.7. The van der Waals surface area contributed by atoms with Gasteiger partial charge in [-0.25, -0.2) is 4.39 Å². The molecule has 1 amide bonds. The number of nitrogens with two attached hydrogens (primary N) is 1. The molecule has 0 radical (unpaired) electrons. The van der Waals surface area contributed by atoms with Gasteiger partial charge in [-0.3, -0.25) is 4.79 Å². The number of thiocarbonyl (C=S) groups is 1. The summed E-state index contributed by atoms with van der Waals surface area (Å²) in [5.41, 5.74) is 6.23. The molecule has 3 N–H and O–H groups in total. The minimum atomic E-state index is -0.477. The fraction of sp³-hybridized carbons (Fsp3) is 0.333. The summed E-state index contributed by atoms with van der Waals surface area (Å²) in [4.78, 5) is 13.1. The number of likely N-dealkylation sites (N-methyl/N-ethyl adjacent to an activating group) is 2. The Hall–Kier alpha value is -1.69. The fourth-order valence-electron chi connectivity index (χ4n) is 1.54. The highest BCUT2D eigenvalue weighted by Crippen LogP contribution is 2.18. The number of rotatable bonds is 5. The number of carbonyl (C=O) groups excluding carboxylic acids is 1. The third-order valence-corrected chi connectivity index (χ3v) is 2.80. The number of nitrogens with one attached hydrogen (secondary N) is 1. The maximum absolute atomic E-state index is 13.7. The highest BCUT2D eigenvalue weighted by Gasteiger charge is 2.12. The van der Waals surface area contributed by atoms with Crippen molar-refractivity contribution < 1.29 is 9.18 Å². The summed E-state index contributed by atoms with van der Waals surface area (Å²) in [7, 11) is 1.56. The standard InChI is InChI=1S/C12H16FN3OS/c1-3-16(7-11(17)15-2)8-4-5-9(12(14)18)10(13)6-8/h4-6H,3,7H2,1-2H3,(H2,14,18)(H,15,17). The van der Waals surface area contributed by atoms with Crippen LogP contribution in [0.3, 0.4) is 0 Å². The number of anilines is 1. The highest BCUT2D eigenvalue weighted by molar-refractivity contribution is 7.80. The zero-order chi connectivity index (χ0) is 13.7. The number of halogens is 1. The van der Waals surface area contributed by atoms with Crippen molar-refractivity contribution in [3.05, 3.63) is 29.6 Å². The van der Waals surface area contributed by atoms with Crippen LogP contribution in [0, 0.1) is 5.82 Å². The molecule has 1 aromatic carbocycles. The second-order valence-electron chi connectivity index (χ2n) is 3.72.